The quantitative estimate of drug-likeness (QED) is 0.495. The van der Waals surface area contributed by atoms with Gasteiger partial charge in [0.15, 0.2) is 0 Å². The van der Waals surface area contributed by atoms with E-state index in [1.807, 2.05) is 0 Å². The smallest absolute Gasteiger partial charge is 0.364 e. The Morgan fingerprint density at radius 3 is 2.45 bits per heavy atom. The Morgan fingerprint density at radius 2 is 1.82 bits per heavy atom. The molecule has 0 amide bonds. The first kappa shape index (κ1) is 15.5. The zero-order valence-electron chi connectivity index (χ0n) is 11.5. The molecule has 2 aromatic carbocycles. The summed E-state index contributed by atoms with van der Waals surface area (Å²) in [7, 11) is 0. The van der Waals surface area contributed by atoms with E-state index in [0.29, 0.717) is 5.56 Å². The molecule has 0 aliphatic heterocycles. The first-order chi connectivity index (χ1) is 10.4. The molecule has 2 rings (SSSR count). The van der Waals surface area contributed by atoms with Gasteiger partial charge >= 0.3 is 5.97 Å². The second kappa shape index (κ2) is 6.28. The van der Waals surface area contributed by atoms with Crippen molar-refractivity contribution in [3.63, 3.8) is 0 Å². The predicted octanol–water partition coefficient (Wildman–Crippen LogP) is 1.64. The fourth-order valence-corrected chi connectivity index (χ4v) is 1.94. The van der Waals surface area contributed by atoms with E-state index in [9.17, 15) is 25.2 Å². The zero-order valence-corrected chi connectivity index (χ0v) is 11.5. The second-order valence-corrected chi connectivity index (χ2v) is 4.67. The molecule has 0 fully saturated rings. The number of carbonyl (C=O) groups is 1. The Balaban J connectivity index is 2.25. The monoisotopic (exact) mass is 301 g/mol. The lowest BCUT2D eigenvalue weighted by Gasteiger charge is -2.18. The summed E-state index contributed by atoms with van der Waals surface area (Å²) in [6.07, 6.45) is 1.25. The van der Waals surface area contributed by atoms with Gasteiger partial charge in [-0.05, 0) is 18.2 Å². The fraction of sp³-hybridized carbons (Fsp3) is 0.125. The Hall–Kier alpha value is -2.86. The minimum atomic E-state index is -2.40. The number of carboxylic acids is 1. The predicted molar refractivity (Wildman–Crippen MR) is 79.9 cm³/mol. The Labute approximate surface area is 126 Å². The van der Waals surface area contributed by atoms with Gasteiger partial charge in [0.1, 0.15) is 11.5 Å². The van der Waals surface area contributed by atoms with E-state index in [4.69, 9.17) is 0 Å². The topological polar surface area (TPSA) is 110 Å². The Morgan fingerprint density at radius 1 is 1.14 bits per heavy atom. The van der Waals surface area contributed by atoms with Crippen LogP contribution in [-0.4, -0.2) is 32.6 Å². The average Bonchev–Trinajstić information content (AvgIpc) is 2.51. The van der Waals surface area contributed by atoms with Gasteiger partial charge in [-0.25, -0.2) is 9.79 Å². The molecular weight excluding hydrogens is 286 g/mol. The first-order valence-electron chi connectivity index (χ1n) is 6.49. The number of hydrogen-bond donors (Lipinski definition) is 4. The maximum absolute atomic E-state index is 11.3. The van der Waals surface area contributed by atoms with Gasteiger partial charge in [-0.1, -0.05) is 30.3 Å². The Kier molecular flexibility index (Phi) is 4.43. The van der Waals surface area contributed by atoms with Crippen LogP contribution >= 0.6 is 0 Å². The molecule has 0 saturated heterocycles. The number of phenolic OH excluding ortho intramolecular Hbond substituents is 2. The number of hydrogen-bond acceptors (Lipinski definition) is 5. The van der Waals surface area contributed by atoms with Crippen LogP contribution in [0.4, 0.5) is 0 Å². The molecule has 0 radical (unpaired) electrons. The van der Waals surface area contributed by atoms with E-state index in [0.717, 1.165) is 0 Å². The lowest BCUT2D eigenvalue weighted by Crippen LogP contribution is -2.33. The van der Waals surface area contributed by atoms with Gasteiger partial charge in [-0.3, -0.25) is 0 Å². The minimum Gasteiger partial charge on any atom is -0.508 e. The van der Waals surface area contributed by atoms with Crippen LogP contribution in [0.25, 0.3) is 0 Å². The fourth-order valence-electron chi connectivity index (χ4n) is 1.94. The van der Waals surface area contributed by atoms with Gasteiger partial charge in [0.05, 0.1) is 0 Å². The molecule has 6 heteroatoms. The molecule has 0 bridgehead atoms. The molecule has 0 aliphatic carbocycles. The zero-order chi connectivity index (χ0) is 16.2. The first-order valence-corrected chi connectivity index (χ1v) is 6.49. The van der Waals surface area contributed by atoms with Crippen LogP contribution in [-0.2, 0) is 16.9 Å². The van der Waals surface area contributed by atoms with Crippen LogP contribution in [0.5, 0.6) is 11.5 Å². The van der Waals surface area contributed by atoms with E-state index >= 15 is 0 Å². The molecule has 2 aromatic rings. The van der Waals surface area contributed by atoms with E-state index < -0.39 is 11.7 Å². The largest absolute Gasteiger partial charge is 0.508 e. The van der Waals surface area contributed by atoms with Crippen LogP contribution in [0.1, 0.15) is 11.1 Å². The van der Waals surface area contributed by atoms with Crippen molar-refractivity contribution in [3.05, 3.63) is 59.7 Å². The summed E-state index contributed by atoms with van der Waals surface area (Å²) in [6.45, 7) is 0. The van der Waals surface area contributed by atoms with E-state index in [-0.39, 0.29) is 23.5 Å². The Bertz CT molecular complexity index is 699. The van der Waals surface area contributed by atoms with Crippen molar-refractivity contribution in [2.24, 2.45) is 4.99 Å². The molecule has 0 saturated carbocycles. The van der Waals surface area contributed by atoms with Gasteiger partial charge in [0.2, 0.25) is 0 Å². The van der Waals surface area contributed by atoms with Gasteiger partial charge < -0.3 is 20.4 Å². The molecular formula is C16H15NO5. The lowest BCUT2D eigenvalue weighted by atomic mass is 10.0. The SMILES string of the molecule is O=C(O)[C@@](O)(/N=C/Cc1cc(O)ccc1O)c1ccccc1. The number of aliphatic hydroxyl groups is 1. The summed E-state index contributed by atoms with van der Waals surface area (Å²) in [6, 6.07) is 11.8. The van der Waals surface area contributed by atoms with Gasteiger partial charge in [0, 0.05) is 23.8 Å². The van der Waals surface area contributed by atoms with Crippen molar-refractivity contribution in [1.82, 2.24) is 0 Å². The van der Waals surface area contributed by atoms with E-state index in [1.54, 1.807) is 18.2 Å². The highest BCUT2D eigenvalue weighted by atomic mass is 16.4. The molecule has 22 heavy (non-hydrogen) atoms. The van der Waals surface area contributed by atoms with Crippen molar-refractivity contribution < 1.29 is 25.2 Å². The molecule has 0 spiro atoms. The third kappa shape index (κ3) is 3.24. The van der Waals surface area contributed by atoms with Crippen molar-refractivity contribution >= 4 is 12.2 Å². The molecule has 0 aromatic heterocycles. The van der Waals surface area contributed by atoms with Crippen LogP contribution < -0.4 is 0 Å². The van der Waals surface area contributed by atoms with Gasteiger partial charge in [0.25, 0.3) is 5.72 Å². The summed E-state index contributed by atoms with van der Waals surface area (Å²) in [5.74, 6) is -1.59. The van der Waals surface area contributed by atoms with E-state index in [2.05, 4.69) is 4.99 Å². The minimum absolute atomic E-state index is 0.0299. The molecule has 0 heterocycles. The van der Waals surface area contributed by atoms with Crippen LogP contribution in [0.2, 0.25) is 0 Å². The molecule has 6 nitrogen and oxygen atoms in total. The third-order valence-electron chi connectivity index (χ3n) is 3.13. The number of aliphatic imine (C=N–C) groups is 1. The van der Waals surface area contributed by atoms with Crippen molar-refractivity contribution in [2.75, 3.05) is 0 Å². The summed E-state index contributed by atoms with van der Waals surface area (Å²) < 4.78 is 0. The number of phenols is 2. The van der Waals surface area contributed by atoms with Crippen molar-refractivity contribution in [1.29, 1.82) is 0 Å². The van der Waals surface area contributed by atoms with Crippen LogP contribution in [0, 0.1) is 0 Å². The highest BCUT2D eigenvalue weighted by molar-refractivity contribution is 5.81. The summed E-state index contributed by atoms with van der Waals surface area (Å²) >= 11 is 0. The molecule has 0 aliphatic rings. The molecule has 1 atom stereocenters. The highest BCUT2D eigenvalue weighted by Crippen LogP contribution is 2.24. The molecule has 0 unspecified atom stereocenters. The number of rotatable bonds is 5. The number of benzene rings is 2. The van der Waals surface area contributed by atoms with Crippen LogP contribution in [0.3, 0.4) is 0 Å². The third-order valence-corrected chi connectivity index (χ3v) is 3.13. The van der Waals surface area contributed by atoms with Gasteiger partial charge in [-0.15, -0.1) is 0 Å². The maximum atomic E-state index is 11.3. The molecule has 114 valence electrons. The number of carboxylic acid groups (broad SMARTS) is 1. The van der Waals surface area contributed by atoms with Crippen LogP contribution in [0.15, 0.2) is 53.5 Å². The summed E-state index contributed by atoms with van der Waals surface area (Å²) in [4.78, 5) is 15.1. The standard InChI is InChI=1S/C16H15NO5/c18-13-6-7-14(19)11(10-13)8-9-17-16(22,15(20)21)12-4-2-1-3-5-12/h1-7,9-10,18-19,22H,8H2,(H,20,21)/b17-9+/t16-/m1/s1. The maximum Gasteiger partial charge on any atom is 0.364 e. The highest BCUT2D eigenvalue weighted by Gasteiger charge is 2.37. The average molecular weight is 301 g/mol. The lowest BCUT2D eigenvalue weighted by molar-refractivity contribution is -0.158. The summed E-state index contributed by atoms with van der Waals surface area (Å²) in [5.41, 5.74) is -1.91. The van der Waals surface area contributed by atoms with Crippen molar-refractivity contribution in [3.8, 4) is 11.5 Å². The second-order valence-electron chi connectivity index (χ2n) is 4.67. The van der Waals surface area contributed by atoms with E-state index in [1.165, 1.54) is 36.5 Å². The van der Waals surface area contributed by atoms with Gasteiger partial charge in [-0.2, -0.15) is 0 Å². The summed E-state index contributed by atoms with van der Waals surface area (Å²) in [5, 5.41) is 38.5. The van der Waals surface area contributed by atoms with Crippen molar-refractivity contribution in [2.45, 2.75) is 12.1 Å². The number of nitrogens with zero attached hydrogens (tertiary/aromatic N) is 1. The number of aromatic hydroxyl groups is 2. The molecule has 4 N–H and O–H groups in total. The normalized spacial score (nSPS) is 13.9. The number of aliphatic carboxylic acids is 1.